The molecule has 2 rings (SSSR count). The lowest BCUT2D eigenvalue weighted by Crippen LogP contribution is -2.14. The largest absolute Gasteiger partial charge is 0.497 e. The van der Waals surface area contributed by atoms with Gasteiger partial charge in [-0.3, -0.25) is 4.79 Å². The summed E-state index contributed by atoms with van der Waals surface area (Å²) >= 11 is 1.45. The van der Waals surface area contributed by atoms with Crippen LogP contribution in [0.25, 0.3) is 0 Å². The molecule has 0 fully saturated rings. The number of carbonyl (C=O) groups excluding carboxylic acids is 1. The fraction of sp³-hybridized carbons (Fsp3) is 0.438. The topological polar surface area (TPSA) is 64.1 Å². The number of hydrogen-bond donors (Lipinski definition) is 1. The van der Waals surface area contributed by atoms with Crippen molar-refractivity contribution in [1.29, 1.82) is 0 Å². The summed E-state index contributed by atoms with van der Waals surface area (Å²) in [6, 6.07) is 7.49. The SMILES string of the molecule is CCCCCc1nnc(NC(=O)Cc2cccc(OC)c2)s1. The van der Waals surface area contributed by atoms with Crippen LogP contribution in [0.2, 0.25) is 0 Å². The Hall–Kier alpha value is -1.95. The molecule has 2 aromatic rings. The first-order chi connectivity index (χ1) is 10.7. The molecule has 1 aromatic heterocycles. The van der Waals surface area contributed by atoms with E-state index in [-0.39, 0.29) is 5.91 Å². The van der Waals surface area contributed by atoms with Gasteiger partial charge in [0.15, 0.2) is 0 Å². The zero-order valence-corrected chi connectivity index (χ0v) is 13.8. The molecule has 0 spiro atoms. The molecule has 0 saturated carbocycles. The van der Waals surface area contributed by atoms with E-state index >= 15 is 0 Å². The molecule has 1 aromatic carbocycles. The van der Waals surface area contributed by atoms with Crippen molar-refractivity contribution >= 4 is 22.4 Å². The van der Waals surface area contributed by atoms with Crippen molar-refractivity contribution in [3.05, 3.63) is 34.8 Å². The van der Waals surface area contributed by atoms with Gasteiger partial charge in [0.2, 0.25) is 11.0 Å². The summed E-state index contributed by atoms with van der Waals surface area (Å²) in [5, 5.41) is 12.5. The van der Waals surface area contributed by atoms with Gasteiger partial charge in [-0.1, -0.05) is 43.2 Å². The number of nitrogens with one attached hydrogen (secondary N) is 1. The number of ether oxygens (including phenoxy) is 1. The molecule has 6 heteroatoms. The van der Waals surface area contributed by atoms with Gasteiger partial charge in [0.25, 0.3) is 0 Å². The molecule has 0 aliphatic carbocycles. The second kappa shape index (κ2) is 8.48. The molecule has 1 heterocycles. The van der Waals surface area contributed by atoms with Gasteiger partial charge in [0.1, 0.15) is 10.8 Å². The summed E-state index contributed by atoms with van der Waals surface area (Å²) in [4.78, 5) is 12.0. The third kappa shape index (κ3) is 5.11. The molecular weight excluding hydrogens is 298 g/mol. The van der Waals surface area contributed by atoms with Gasteiger partial charge in [-0.25, -0.2) is 0 Å². The highest BCUT2D eigenvalue weighted by molar-refractivity contribution is 7.15. The lowest BCUT2D eigenvalue weighted by molar-refractivity contribution is -0.115. The predicted molar refractivity (Wildman–Crippen MR) is 88.5 cm³/mol. The van der Waals surface area contributed by atoms with Crippen LogP contribution in [0.5, 0.6) is 5.75 Å². The minimum absolute atomic E-state index is 0.0930. The first-order valence-corrected chi connectivity index (χ1v) is 8.28. The molecular formula is C16H21N3O2S. The number of nitrogens with zero attached hydrogens (tertiary/aromatic N) is 2. The molecule has 1 N–H and O–H groups in total. The molecule has 5 nitrogen and oxygen atoms in total. The molecule has 0 aliphatic rings. The first kappa shape index (κ1) is 16.4. The zero-order chi connectivity index (χ0) is 15.8. The first-order valence-electron chi connectivity index (χ1n) is 7.46. The number of benzene rings is 1. The van der Waals surface area contributed by atoms with Gasteiger partial charge in [-0.05, 0) is 24.1 Å². The maximum atomic E-state index is 12.0. The van der Waals surface area contributed by atoms with Gasteiger partial charge >= 0.3 is 0 Å². The van der Waals surface area contributed by atoms with Crippen molar-refractivity contribution < 1.29 is 9.53 Å². The lowest BCUT2D eigenvalue weighted by atomic mass is 10.1. The molecule has 1 amide bonds. The van der Waals surface area contributed by atoms with Gasteiger partial charge in [-0.15, -0.1) is 10.2 Å². The van der Waals surface area contributed by atoms with Crippen LogP contribution < -0.4 is 10.1 Å². The van der Waals surface area contributed by atoms with Crippen LogP contribution in [-0.4, -0.2) is 23.2 Å². The van der Waals surface area contributed by atoms with Crippen LogP contribution in [-0.2, 0) is 17.6 Å². The molecule has 0 radical (unpaired) electrons. The summed E-state index contributed by atoms with van der Waals surface area (Å²) in [7, 11) is 1.61. The van der Waals surface area contributed by atoms with Crippen LogP contribution in [0.1, 0.15) is 36.8 Å². The maximum Gasteiger partial charge on any atom is 0.230 e. The quantitative estimate of drug-likeness (QED) is 0.757. The normalized spacial score (nSPS) is 10.5. The Morgan fingerprint density at radius 1 is 1.32 bits per heavy atom. The lowest BCUT2D eigenvalue weighted by Gasteiger charge is -2.04. The third-order valence-electron chi connectivity index (χ3n) is 3.21. The summed E-state index contributed by atoms with van der Waals surface area (Å²) in [5.41, 5.74) is 0.907. The number of aryl methyl sites for hydroxylation is 1. The Balaban J connectivity index is 1.86. The molecule has 118 valence electrons. The number of anilines is 1. The van der Waals surface area contributed by atoms with E-state index in [2.05, 4.69) is 22.4 Å². The van der Waals surface area contributed by atoms with Crippen LogP contribution in [0.4, 0.5) is 5.13 Å². The van der Waals surface area contributed by atoms with E-state index in [1.165, 1.54) is 24.2 Å². The summed E-state index contributed by atoms with van der Waals surface area (Å²) in [6.45, 7) is 2.17. The Labute approximate surface area is 134 Å². The second-order valence-corrected chi connectivity index (χ2v) is 6.10. The van der Waals surface area contributed by atoms with Crippen molar-refractivity contribution in [2.75, 3.05) is 12.4 Å². The van der Waals surface area contributed by atoms with Crippen molar-refractivity contribution in [2.24, 2.45) is 0 Å². The third-order valence-corrected chi connectivity index (χ3v) is 4.10. The second-order valence-electron chi connectivity index (χ2n) is 5.03. The molecule has 0 bridgehead atoms. The monoisotopic (exact) mass is 319 g/mol. The van der Waals surface area contributed by atoms with E-state index in [0.29, 0.717) is 11.6 Å². The molecule has 0 atom stereocenters. The van der Waals surface area contributed by atoms with Crippen LogP contribution in [0.3, 0.4) is 0 Å². The fourth-order valence-electron chi connectivity index (χ4n) is 2.06. The molecule has 0 aliphatic heterocycles. The Bertz CT molecular complexity index is 613. The van der Waals surface area contributed by atoms with Crippen molar-refractivity contribution in [3.8, 4) is 5.75 Å². The zero-order valence-electron chi connectivity index (χ0n) is 13.0. The van der Waals surface area contributed by atoms with E-state index in [1.54, 1.807) is 7.11 Å². The number of hydrogen-bond acceptors (Lipinski definition) is 5. The molecule has 22 heavy (non-hydrogen) atoms. The van der Waals surface area contributed by atoms with Gasteiger partial charge in [0, 0.05) is 6.42 Å². The van der Waals surface area contributed by atoms with Gasteiger partial charge < -0.3 is 10.1 Å². The number of amides is 1. The van der Waals surface area contributed by atoms with Crippen LogP contribution in [0, 0.1) is 0 Å². The van der Waals surface area contributed by atoms with E-state index in [4.69, 9.17) is 4.74 Å². The highest BCUT2D eigenvalue weighted by Gasteiger charge is 2.09. The number of methoxy groups -OCH3 is 1. The van der Waals surface area contributed by atoms with Crippen LogP contribution >= 0.6 is 11.3 Å². The van der Waals surface area contributed by atoms with Crippen molar-refractivity contribution in [1.82, 2.24) is 10.2 Å². The summed E-state index contributed by atoms with van der Waals surface area (Å²) in [5.74, 6) is 0.656. The number of rotatable bonds is 8. The summed E-state index contributed by atoms with van der Waals surface area (Å²) < 4.78 is 5.15. The average molecular weight is 319 g/mol. The minimum Gasteiger partial charge on any atom is -0.497 e. The molecule has 0 saturated heterocycles. The number of unbranched alkanes of at least 4 members (excludes halogenated alkanes) is 2. The molecule has 0 unspecified atom stereocenters. The van der Waals surface area contributed by atoms with E-state index in [0.717, 1.165) is 29.2 Å². The Morgan fingerprint density at radius 2 is 2.18 bits per heavy atom. The smallest absolute Gasteiger partial charge is 0.230 e. The predicted octanol–water partition coefficient (Wildman–Crippen LogP) is 3.46. The van der Waals surface area contributed by atoms with E-state index < -0.39 is 0 Å². The van der Waals surface area contributed by atoms with Gasteiger partial charge in [-0.2, -0.15) is 0 Å². The highest BCUT2D eigenvalue weighted by atomic mass is 32.1. The van der Waals surface area contributed by atoms with Crippen molar-refractivity contribution in [3.63, 3.8) is 0 Å². The average Bonchev–Trinajstić information content (AvgIpc) is 2.95. The van der Waals surface area contributed by atoms with E-state index in [1.807, 2.05) is 24.3 Å². The number of aromatic nitrogens is 2. The maximum absolute atomic E-state index is 12.0. The summed E-state index contributed by atoms with van der Waals surface area (Å²) in [6.07, 6.45) is 4.71. The van der Waals surface area contributed by atoms with Gasteiger partial charge in [0.05, 0.1) is 13.5 Å². The highest BCUT2D eigenvalue weighted by Crippen LogP contribution is 2.18. The van der Waals surface area contributed by atoms with Crippen molar-refractivity contribution in [2.45, 2.75) is 39.0 Å². The fourth-order valence-corrected chi connectivity index (χ4v) is 2.86. The standard InChI is InChI=1S/C16H21N3O2S/c1-3-4-5-9-15-18-19-16(22-15)17-14(20)11-12-7-6-8-13(10-12)21-2/h6-8,10H,3-5,9,11H2,1-2H3,(H,17,19,20). The Morgan fingerprint density at radius 3 is 2.95 bits per heavy atom. The Kier molecular flexibility index (Phi) is 6.33. The number of carbonyl (C=O) groups is 1. The minimum atomic E-state index is -0.0930. The van der Waals surface area contributed by atoms with Crippen LogP contribution in [0.15, 0.2) is 24.3 Å². The van der Waals surface area contributed by atoms with E-state index in [9.17, 15) is 4.79 Å².